The van der Waals surface area contributed by atoms with Crippen molar-refractivity contribution < 1.29 is 9.59 Å². The van der Waals surface area contributed by atoms with Crippen LogP contribution in [0.3, 0.4) is 0 Å². The molecule has 5 nitrogen and oxygen atoms in total. The zero-order valence-electron chi connectivity index (χ0n) is 15.0. The molecule has 0 radical (unpaired) electrons. The molecular weight excluding hydrogens is 385 g/mol. The predicted molar refractivity (Wildman–Crippen MR) is 110 cm³/mol. The van der Waals surface area contributed by atoms with Crippen molar-refractivity contribution in [3.63, 3.8) is 0 Å². The fourth-order valence-corrected chi connectivity index (χ4v) is 3.33. The maximum atomic E-state index is 12.3. The highest BCUT2D eigenvalue weighted by atomic mass is 35.5. The summed E-state index contributed by atoms with van der Waals surface area (Å²) >= 11 is 12.1. The molecule has 1 aliphatic rings. The summed E-state index contributed by atoms with van der Waals surface area (Å²) < 4.78 is 0. The van der Waals surface area contributed by atoms with E-state index in [4.69, 9.17) is 23.2 Å². The first kappa shape index (κ1) is 19.7. The Bertz CT molecular complexity index is 832. The number of Topliss-reactive ketones (excluding diaryl/α,β-unsaturated/α-hetero) is 1. The number of carbonyl (C=O) groups is 2. The summed E-state index contributed by atoms with van der Waals surface area (Å²) in [6.45, 7) is 5.07. The van der Waals surface area contributed by atoms with Gasteiger partial charge in [-0.15, -0.1) is 0 Å². The summed E-state index contributed by atoms with van der Waals surface area (Å²) in [5.74, 6) is -0.0544. The first-order valence-corrected chi connectivity index (χ1v) is 9.51. The smallest absolute Gasteiger partial charge is 0.238 e. The van der Waals surface area contributed by atoms with Crippen molar-refractivity contribution in [3.8, 4) is 0 Å². The minimum absolute atomic E-state index is 0.00715. The van der Waals surface area contributed by atoms with Crippen LogP contribution in [0.1, 0.15) is 17.3 Å². The van der Waals surface area contributed by atoms with E-state index in [0.29, 0.717) is 27.8 Å². The Labute approximate surface area is 168 Å². The van der Waals surface area contributed by atoms with E-state index in [1.54, 1.807) is 30.3 Å². The Morgan fingerprint density at radius 3 is 2.22 bits per heavy atom. The molecule has 0 bridgehead atoms. The molecule has 0 aliphatic carbocycles. The highest BCUT2D eigenvalue weighted by molar-refractivity contribution is 6.42. The van der Waals surface area contributed by atoms with Crippen molar-refractivity contribution in [3.05, 3.63) is 58.1 Å². The Morgan fingerprint density at radius 1 is 0.963 bits per heavy atom. The fourth-order valence-electron chi connectivity index (χ4n) is 3.04. The molecule has 0 unspecified atom stereocenters. The first-order chi connectivity index (χ1) is 12.9. The second-order valence-electron chi connectivity index (χ2n) is 6.54. The third kappa shape index (κ3) is 5.22. The van der Waals surface area contributed by atoms with E-state index in [1.807, 2.05) is 12.1 Å². The van der Waals surface area contributed by atoms with Crippen LogP contribution in [-0.4, -0.2) is 49.3 Å². The second-order valence-corrected chi connectivity index (χ2v) is 7.36. The molecule has 1 amide bonds. The van der Waals surface area contributed by atoms with Crippen molar-refractivity contribution >= 4 is 46.3 Å². The normalized spacial score (nSPS) is 14.9. The molecule has 0 atom stereocenters. The van der Waals surface area contributed by atoms with Gasteiger partial charge in [0.15, 0.2) is 5.78 Å². The molecule has 7 heteroatoms. The molecule has 1 N–H and O–H groups in total. The first-order valence-electron chi connectivity index (χ1n) is 8.75. The van der Waals surface area contributed by atoms with Gasteiger partial charge in [-0.2, -0.15) is 0 Å². The monoisotopic (exact) mass is 405 g/mol. The summed E-state index contributed by atoms with van der Waals surface area (Å²) in [7, 11) is 0. The number of anilines is 2. The average Bonchev–Trinajstić information content (AvgIpc) is 2.65. The van der Waals surface area contributed by atoms with Crippen LogP contribution in [-0.2, 0) is 4.79 Å². The number of hydrogen-bond donors (Lipinski definition) is 1. The zero-order valence-corrected chi connectivity index (χ0v) is 16.6. The minimum atomic E-state index is -0.0615. The molecule has 1 aliphatic heterocycles. The molecule has 2 aromatic carbocycles. The maximum Gasteiger partial charge on any atom is 0.238 e. The summed E-state index contributed by atoms with van der Waals surface area (Å²) in [6.07, 6.45) is 0. The largest absolute Gasteiger partial charge is 0.369 e. The van der Waals surface area contributed by atoms with Gasteiger partial charge in [0, 0.05) is 43.1 Å². The van der Waals surface area contributed by atoms with Gasteiger partial charge >= 0.3 is 0 Å². The lowest BCUT2D eigenvalue weighted by Crippen LogP contribution is -2.48. The minimum Gasteiger partial charge on any atom is -0.369 e. The van der Waals surface area contributed by atoms with Gasteiger partial charge in [-0.3, -0.25) is 14.5 Å². The van der Waals surface area contributed by atoms with Gasteiger partial charge in [0.05, 0.1) is 16.6 Å². The van der Waals surface area contributed by atoms with Crippen LogP contribution in [0.4, 0.5) is 11.4 Å². The molecule has 1 saturated heterocycles. The van der Waals surface area contributed by atoms with Crippen LogP contribution in [0.2, 0.25) is 10.0 Å². The molecule has 27 heavy (non-hydrogen) atoms. The van der Waals surface area contributed by atoms with Crippen LogP contribution < -0.4 is 10.2 Å². The molecule has 0 saturated carbocycles. The number of amides is 1. The molecule has 1 fully saturated rings. The summed E-state index contributed by atoms with van der Waals surface area (Å²) in [6, 6.07) is 12.6. The quantitative estimate of drug-likeness (QED) is 0.764. The van der Waals surface area contributed by atoms with Crippen molar-refractivity contribution in [2.45, 2.75) is 6.92 Å². The number of nitrogens with zero attached hydrogens (tertiary/aromatic N) is 2. The molecule has 1 heterocycles. The number of rotatable bonds is 5. The van der Waals surface area contributed by atoms with E-state index in [2.05, 4.69) is 15.1 Å². The highest BCUT2D eigenvalue weighted by Gasteiger charge is 2.19. The van der Waals surface area contributed by atoms with E-state index in [1.165, 1.54) is 6.92 Å². The van der Waals surface area contributed by atoms with Gasteiger partial charge in [-0.25, -0.2) is 0 Å². The van der Waals surface area contributed by atoms with Crippen molar-refractivity contribution in [1.82, 2.24) is 4.90 Å². The molecule has 0 aromatic heterocycles. The predicted octanol–water partition coefficient (Wildman–Crippen LogP) is 3.96. The fraction of sp³-hybridized carbons (Fsp3) is 0.300. The van der Waals surface area contributed by atoms with Crippen LogP contribution >= 0.6 is 23.2 Å². The highest BCUT2D eigenvalue weighted by Crippen LogP contribution is 2.27. The van der Waals surface area contributed by atoms with Crippen LogP contribution in [0.5, 0.6) is 0 Å². The summed E-state index contributed by atoms with van der Waals surface area (Å²) in [5, 5.41) is 3.97. The molecule has 142 valence electrons. The lowest BCUT2D eigenvalue weighted by Gasteiger charge is -2.35. The van der Waals surface area contributed by atoms with Crippen molar-refractivity contribution in [2.24, 2.45) is 0 Å². The molecular formula is C20H21Cl2N3O2. The number of halogens is 2. The number of piperazine rings is 1. The van der Waals surface area contributed by atoms with Gasteiger partial charge < -0.3 is 10.2 Å². The van der Waals surface area contributed by atoms with Gasteiger partial charge in [0.25, 0.3) is 0 Å². The van der Waals surface area contributed by atoms with Gasteiger partial charge in [-0.05, 0) is 49.4 Å². The number of carbonyl (C=O) groups excluding carboxylic acids is 2. The third-order valence-electron chi connectivity index (χ3n) is 4.58. The topological polar surface area (TPSA) is 52.7 Å². The molecule has 3 rings (SSSR count). The van der Waals surface area contributed by atoms with Gasteiger partial charge in [0.2, 0.25) is 5.91 Å². The maximum absolute atomic E-state index is 12.3. The Morgan fingerprint density at radius 2 is 1.63 bits per heavy atom. The van der Waals surface area contributed by atoms with Crippen molar-refractivity contribution in [1.29, 1.82) is 0 Å². The van der Waals surface area contributed by atoms with E-state index in [-0.39, 0.29) is 11.7 Å². The Kier molecular flexibility index (Phi) is 6.37. The number of benzene rings is 2. The number of nitrogens with one attached hydrogen (secondary N) is 1. The Balaban J connectivity index is 1.49. The lowest BCUT2D eigenvalue weighted by molar-refractivity contribution is -0.117. The van der Waals surface area contributed by atoms with Crippen LogP contribution in [0.15, 0.2) is 42.5 Å². The summed E-state index contributed by atoms with van der Waals surface area (Å²) in [4.78, 5) is 27.9. The van der Waals surface area contributed by atoms with Crippen LogP contribution in [0.25, 0.3) is 0 Å². The zero-order chi connectivity index (χ0) is 19.4. The van der Waals surface area contributed by atoms with Crippen LogP contribution in [0, 0.1) is 0 Å². The number of hydrogen-bond acceptors (Lipinski definition) is 4. The molecule has 2 aromatic rings. The third-order valence-corrected chi connectivity index (χ3v) is 5.32. The van der Waals surface area contributed by atoms with E-state index in [0.717, 1.165) is 31.9 Å². The average molecular weight is 406 g/mol. The van der Waals surface area contributed by atoms with E-state index < -0.39 is 0 Å². The Hall–Kier alpha value is -2.08. The SMILES string of the molecule is CC(=O)c1ccc(NC(=O)CN2CCN(c3ccc(Cl)c(Cl)c3)CC2)cc1. The van der Waals surface area contributed by atoms with Crippen molar-refractivity contribution in [2.75, 3.05) is 42.9 Å². The van der Waals surface area contributed by atoms with Gasteiger partial charge in [0.1, 0.15) is 0 Å². The van der Waals surface area contributed by atoms with Gasteiger partial charge in [-0.1, -0.05) is 23.2 Å². The lowest BCUT2D eigenvalue weighted by atomic mass is 10.1. The van der Waals surface area contributed by atoms with E-state index >= 15 is 0 Å². The van der Waals surface area contributed by atoms with E-state index in [9.17, 15) is 9.59 Å². The molecule has 0 spiro atoms. The summed E-state index contributed by atoms with van der Waals surface area (Å²) in [5.41, 5.74) is 2.37. The number of ketones is 1. The second kappa shape index (κ2) is 8.74. The standard InChI is InChI=1S/C20H21Cl2N3O2/c1-14(26)15-2-4-16(5-3-15)23-20(27)13-24-8-10-25(11-9-24)17-6-7-18(21)19(22)12-17/h2-7,12H,8-11,13H2,1H3,(H,23,27).